The van der Waals surface area contributed by atoms with Gasteiger partial charge in [-0.25, -0.2) is 0 Å². The van der Waals surface area contributed by atoms with Gasteiger partial charge in [-0.2, -0.15) is 13.2 Å². The summed E-state index contributed by atoms with van der Waals surface area (Å²) in [6.45, 7) is 1.07. The maximum absolute atomic E-state index is 13.6. The summed E-state index contributed by atoms with van der Waals surface area (Å²) in [6, 6.07) is 3.39. The van der Waals surface area contributed by atoms with E-state index in [-0.39, 0.29) is 32.0 Å². The quantitative estimate of drug-likeness (QED) is 0.369. The molecule has 0 amide bonds. The number of halogens is 3. The van der Waals surface area contributed by atoms with Crippen LogP contribution in [0.2, 0.25) is 0 Å². The van der Waals surface area contributed by atoms with E-state index >= 15 is 0 Å². The zero-order valence-corrected chi connectivity index (χ0v) is 23.0. The Morgan fingerprint density at radius 2 is 1.56 bits per heavy atom. The molecular formula is C29H32F3N3O6. The Kier molecular flexibility index (Phi) is 8.57. The molecule has 9 nitrogen and oxygen atoms in total. The number of rotatable bonds is 12. The van der Waals surface area contributed by atoms with Gasteiger partial charge in [-0.05, 0) is 55.3 Å². The van der Waals surface area contributed by atoms with Crippen molar-refractivity contribution in [3.8, 4) is 11.5 Å². The number of likely N-dealkylation sites (N-methyl/N-ethyl adjacent to an activating group) is 1. The maximum Gasteiger partial charge on any atom is 0.315 e. The average molecular weight is 576 g/mol. The molecule has 4 rings (SSSR count). The minimum Gasteiger partial charge on any atom is -0.508 e. The van der Waals surface area contributed by atoms with Crippen LogP contribution in [0.25, 0.3) is 6.08 Å². The van der Waals surface area contributed by atoms with E-state index in [2.05, 4.69) is 0 Å². The van der Waals surface area contributed by atoms with Gasteiger partial charge in [-0.1, -0.05) is 12.1 Å². The van der Waals surface area contributed by atoms with Crippen LogP contribution in [0.1, 0.15) is 36.1 Å². The Morgan fingerprint density at radius 3 is 2.17 bits per heavy atom. The van der Waals surface area contributed by atoms with Gasteiger partial charge in [0.05, 0.1) is 31.7 Å². The summed E-state index contributed by atoms with van der Waals surface area (Å²) in [5, 5.41) is 20.1. The van der Waals surface area contributed by atoms with E-state index in [9.17, 15) is 37.8 Å². The highest BCUT2D eigenvalue weighted by atomic mass is 19.1. The minimum atomic E-state index is -1.78. The number of fused-ring (bicyclic) bond motifs is 2. The number of anilines is 1. The van der Waals surface area contributed by atoms with Gasteiger partial charge in [-0.15, -0.1) is 0 Å². The number of aromatic hydroxyl groups is 1. The van der Waals surface area contributed by atoms with Gasteiger partial charge in [0.1, 0.15) is 11.5 Å². The summed E-state index contributed by atoms with van der Waals surface area (Å²) in [7, 11) is 1.87. The molecule has 2 aromatic carbocycles. The second-order valence-electron chi connectivity index (χ2n) is 10.8. The first-order valence-corrected chi connectivity index (χ1v) is 13.0. The van der Waals surface area contributed by atoms with Crippen molar-refractivity contribution in [3.05, 3.63) is 58.7 Å². The molecule has 2 N–H and O–H groups in total. The number of carbonyl (C=O) groups excluding carboxylic acids is 3. The SMILES string of the molecule is CN1c2cc(CO)ccc2C(C)(C)C12C=Cc1cc(O)cc(CN(CCN(CC(=O)F)CC(=O)F)CC(=O)F)c1O2. The van der Waals surface area contributed by atoms with E-state index in [1.54, 1.807) is 0 Å². The number of carbonyl (C=O) groups is 3. The summed E-state index contributed by atoms with van der Waals surface area (Å²) >= 11 is 0. The van der Waals surface area contributed by atoms with E-state index in [4.69, 9.17) is 4.74 Å². The first-order valence-electron chi connectivity index (χ1n) is 13.0. The number of aliphatic hydroxyl groups excluding tert-OH is 1. The molecule has 0 radical (unpaired) electrons. The van der Waals surface area contributed by atoms with Crippen molar-refractivity contribution in [2.75, 3.05) is 44.7 Å². The Morgan fingerprint density at radius 1 is 0.951 bits per heavy atom. The fourth-order valence-corrected chi connectivity index (χ4v) is 5.72. The van der Waals surface area contributed by atoms with Gasteiger partial charge >= 0.3 is 18.1 Å². The van der Waals surface area contributed by atoms with Gasteiger partial charge in [0.15, 0.2) is 0 Å². The summed E-state index contributed by atoms with van der Waals surface area (Å²) in [6.07, 6.45) is 3.70. The minimum absolute atomic E-state index is 0.0999. The molecule has 1 unspecified atom stereocenters. The molecule has 2 aromatic rings. The van der Waals surface area contributed by atoms with Gasteiger partial charge in [0.2, 0.25) is 5.72 Å². The van der Waals surface area contributed by atoms with Crippen LogP contribution in [0.15, 0.2) is 36.4 Å². The number of aliphatic hydroxyl groups is 1. The molecule has 12 heteroatoms. The molecule has 2 aliphatic rings. The Labute approximate surface area is 235 Å². The van der Waals surface area contributed by atoms with Gasteiger partial charge in [0, 0.05) is 43.5 Å². The van der Waals surface area contributed by atoms with Gasteiger partial charge in [0.25, 0.3) is 0 Å². The zero-order valence-electron chi connectivity index (χ0n) is 23.0. The Hall–Kier alpha value is -3.74. The lowest BCUT2D eigenvalue weighted by molar-refractivity contribution is -0.135. The van der Waals surface area contributed by atoms with Crippen molar-refractivity contribution in [1.82, 2.24) is 9.80 Å². The molecule has 0 fully saturated rings. The fourth-order valence-electron chi connectivity index (χ4n) is 5.72. The number of phenolic OH excluding ortho intramolecular Hbond substituents is 1. The molecule has 0 saturated carbocycles. The van der Waals surface area contributed by atoms with Gasteiger partial charge < -0.3 is 19.8 Å². The molecule has 2 aliphatic heterocycles. The lowest BCUT2D eigenvalue weighted by Crippen LogP contribution is -2.58. The lowest BCUT2D eigenvalue weighted by Gasteiger charge is -2.46. The van der Waals surface area contributed by atoms with E-state index < -0.39 is 48.9 Å². The van der Waals surface area contributed by atoms with E-state index in [1.807, 2.05) is 56.1 Å². The molecule has 0 aromatic heterocycles. The van der Waals surface area contributed by atoms with E-state index in [0.717, 1.165) is 21.7 Å². The number of benzene rings is 2. The fraction of sp³-hybridized carbons (Fsp3) is 0.414. The topological polar surface area (TPSA) is 111 Å². The number of ether oxygens (including phenoxy) is 1. The van der Waals surface area contributed by atoms with Crippen molar-refractivity contribution in [2.45, 2.75) is 38.1 Å². The smallest absolute Gasteiger partial charge is 0.315 e. The molecular weight excluding hydrogens is 543 g/mol. The number of nitrogens with zero attached hydrogens (tertiary/aromatic N) is 3. The molecule has 0 aliphatic carbocycles. The number of hydrogen-bond donors (Lipinski definition) is 2. The van der Waals surface area contributed by atoms with Crippen LogP contribution < -0.4 is 9.64 Å². The van der Waals surface area contributed by atoms with Gasteiger partial charge in [-0.3, -0.25) is 24.2 Å². The summed E-state index contributed by atoms with van der Waals surface area (Å²) in [4.78, 5) is 37.5. The zero-order chi connectivity index (χ0) is 30.1. The summed E-state index contributed by atoms with van der Waals surface area (Å²) in [5.41, 5.74) is 1.92. The molecule has 1 atom stereocenters. The highest BCUT2D eigenvalue weighted by Gasteiger charge is 2.57. The van der Waals surface area contributed by atoms with E-state index in [1.165, 1.54) is 17.0 Å². The van der Waals surface area contributed by atoms with Crippen LogP contribution in [0, 0.1) is 0 Å². The summed E-state index contributed by atoms with van der Waals surface area (Å²) in [5.74, 6) is 0.281. The number of phenols is 1. The third kappa shape index (κ3) is 5.99. The molecule has 2 heterocycles. The molecule has 0 saturated heterocycles. The standard InChI is InChI=1S/C29H32F3N3O6/c1-28(2)22-5-4-18(17-36)10-23(22)33(3)29(28)7-6-19-11-21(37)12-20(27(19)41-29)13-34(14-24(30)38)8-9-35(15-25(31)39)16-26(32)40/h4-7,10-12,36-37H,8-9,13-17H2,1-3H3. The maximum atomic E-state index is 13.6. The second kappa shape index (κ2) is 11.6. The third-order valence-electron chi connectivity index (χ3n) is 7.77. The largest absolute Gasteiger partial charge is 0.508 e. The lowest BCUT2D eigenvalue weighted by atomic mass is 9.76. The summed E-state index contributed by atoms with van der Waals surface area (Å²) < 4.78 is 46.3. The van der Waals surface area contributed by atoms with Crippen LogP contribution in [-0.2, 0) is 33.0 Å². The van der Waals surface area contributed by atoms with Crippen LogP contribution >= 0.6 is 0 Å². The predicted octanol–water partition coefficient (Wildman–Crippen LogP) is 3.01. The highest BCUT2D eigenvalue weighted by molar-refractivity contribution is 5.75. The van der Waals surface area contributed by atoms with Crippen molar-refractivity contribution < 1.29 is 42.5 Å². The normalized spacial score (nSPS) is 18.5. The third-order valence-corrected chi connectivity index (χ3v) is 7.77. The number of hydrogen-bond acceptors (Lipinski definition) is 9. The predicted molar refractivity (Wildman–Crippen MR) is 144 cm³/mol. The van der Waals surface area contributed by atoms with Crippen LogP contribution in [0.3, 0.4) is 0 Å². The van der Waals surface area contributed by atoms with Crippen molar-refractivity contribution in [1.29, 1.82) is 0 Å². The van der Waals surface area contributed by atoms with Crippen LogP contribution in [0.5, 0.6) is 11.5 Å². The Bertz CT molecular complexity index is 1380. The first-order chi connectivity index (χ1) is 19.3. The Balaban J connectivity index is 1.66. The monoisotopic (exact) mass is 575 g/mol. The first kappa shape index (κ1) is 30.2. The van der Waals surface area contributed by atoms with Crippen LogP contribution in [0.4, 0.5) is 18.9 Å². The molecule has 1 spiro atoms. The highest BCUT2D eigenvalue weighted by Crippen LogP contribution is 2.55. The molecule has 41 heavy (non-hydrogen) atoms. The molecule has 0 bridgehead atoms. The van der Waals surface area contributed by atoms with Crippen molar-refractivity contribution in [2.24, 2.45) is 0 Å². The van der Waals surface area contributed by atoms with Crippen molar-refractivity contribution in [3.63, 3.8) is 0 Å². The van der Waals surface area contributed by atoms with Crippen LogP contribution in [-0.4, -0.2) is 83.6 Å². The van der Waals surface area contributed by atoms with Crippen molar-refractivity contribution >= 4 is 29.9 Å². The second-order valence-corrected chi connectivity index (χ2v) is 10.8. The van der Waals surface area contributed by atoms with E-state index in [0.29, 0.717) is 16.9 Å². The molecule has 220 valence electrons. The average Bonchev–Trinajstić information content (AvgIpc) is 3.04.